The van der Waals surface area contributed by atoms with Crippen LogP contribution in [-0.2, 0) is 0 Å². The summed E-state index contributed by atoms with van der Waals surface area (Å²) in [5.41, 5.74) is 6.79. The van der Waals surface area contributed by atoms with Gasteiger partial charge in [0.2, 0.25) is 0 Å². The number of amides is 1. The molecule has 1 aliphatic heterocycles. The van der Waals surface area contributed by atoms with Crippen LogP contribution in [0.5, 0.6) is 0 Å². The number of carbonyl (C=O) groups excluding carboxylic acids is 1. The van der Waals surface area contributed by atoms with Gasteiger partial charge in [0.15, 0.2) is 0 Å². The summed E-state index contributed by atoms with van der Waals surface area (Å²) in [6, 6.07) is 4.02. The molecule has 1 saturated heterocycles. The summed E-state index contributed by atoms with van der Waals surface area (Å²) >= 11 is 0. The van der Waals surface area contributed by atoms with Gasteiger partial charge in [-0.05, 0) is 36.8 Å². The number of nitrogens with two attached hydrogens (primary N) is 1. The Labute approximate surface area is 144 Å². The minimum absolute atomic E-state index is 0. The Morgan fingerprint density at radius 3 is 2.55 bits per heavy atom. The third kappa shape index (κ3) is 3.47. The number of pyridine rings is 1. The third-order valence-corrected chi connectivity index (χ3v) is 4.65. The average Bonchev–Trinajstić information content (AvgIpc) is 3.01. The summed E-state index contributed by atoms with van der Waals surface area (Å²) in [6.45, 7) is 1.66. The maximum Gasteiger partial charge on any atom is 0.255 e. The number of likely N-dealkylation sites (tertiary alicyclic amines) is 1. The van der Waals surface area contributed by atoms with Crippen molar-refractivity contribution < 1.29 is 4.79 Å². The summed E-state index contributed by atoms with van der Waals surface area (Å²) in [5, 5.41) is 0. The van der Waals surface area contributed by atoms with Crippen molar-refractivity contribution in [3.8, 4) is 0 Å². The largest absolute Gasteiger partial charge is 0.363 e. The van der Waals surface area contributed by atoms with Gasteiger partial charge in [-0.25, -0.2) is 4.98 Å². The monoisotopic (exact) mass is 346 g/mol. The molecule has 0 spiro atoms. The van der Waals surface area contributed by atoms with Gasteiger partial charge in [0.05, 0.1) is 5.56 Å². The molecule has 7 heteroatoms. The van der Waals surface area contributed by atoms with Crippen molar-refractivity contribution in [2.75, 3.05) is 32.1 Å². The smallest absolute Gasteiger partial charge is 0.255 e. The number of carbonyl (C=O) groups is 1. The second-order valence-electron chi connectivity index (χ2n) is 6.17. The fourth-order valence-electron chi connectivity index (χ4n) is 3.43. The summed E-state index contributed by atoms with van der Waals surface area (Å²) in [4.78, 5) is 20.7. The predicted octanol–water partition coefficient (Wildman–Crippen LogP) is 1.80. The number of hydrogen-bond donors (Lipinski definition) is 1. The minimum Gasteiger partial charge on any atom is -0.363 e. The first-order valence-electron chi connectivity index (χ1n) is 7.24. The topological polar surface area (TPSA) is 62.5 Å². The van der Waals surface area contributed by atoms with Crippen LogP contribution in [0.1, 0.15) is 23.2 Å². The fraction of sp³-hybridized carbons (Fsp3) is 0.600. The van der Waals surface area contributed by atoms with E-state index in [0.717, 1.165) is 31.7 Å². The van der Waals surface area contributed by atoms with Crippen LogP contribution in [0, 0.1) is 11.8 Å². The van der Waals surface area contributed by atoms with Crippen molar-refractivity contribution in [2.24, 2.45) is 17.6 Å². The maximum atomic E-state index is 12.5. The van der Waals surface area contributed by atoms with Gasteiger partial charge >= 0.3 is 0 Å². The lowest BCUT2D eigenvalue weighted by Crippen LogP contribution is -2.33. The lowest BCUT2D eigenvalue weighted by atomic mass is 9.98. The van der Waals surface area contributed by atoms with E-state index in [9.17, 15) is 4.79 Å². The Hall–Kier alpha value is -1.04. The molecule has 1 aromatic rings. The van der Waals surface area contributed by atoms with Crippen LogP contribution in [0.2, 0.25) is 0 Å². The van der Waals surface area contributed by atoms with E-state index < -0.39 is 0 Å². The molecule has 2 fully saturated rings. The molecular formula is C15H24Cl2N4O. The van der Waals surface area contributed by atoms with Crippen LogP contribution < -0.4 is 10.6 Å². The van der Waals surface area contributed by atoms with Gasteiger partial charge in [-0.15, -0.1) is 24.8 Å². The van der Waals surface area contributed by atoms with E-state index in [2.05, 4.69) is 4.98 Å². The second kappa shape index (κ2) is 7.49. The number of halogens is 2. The molecule has 3 unspecified atom stereocenters. The average molecular weight is 347 g/mol. The molecule has 1 saturated carbocycles. The summed E-state index contributed by atoms with van der Waals surface area (Å²) in [6.07, 6.45) is 3.94. The van der Waals surface area contributed by atoms with E-state index in [1.165, 1.54) is 0 Å². The van der Waals surface area contributed by atoms with Crippen molar-refractivity contribution in [3.63, 3.8) is 0 Å². The first kappa shape index (κ1) is 19.0. The molecule has 0 radical (unpaired) electrons. The molecule has 124 valence electrons. The van der Waals surface area contributed by atoms with Crippen LogP contribution in [0.3, 0.4) is 0 Å². The van der Waals surface area contributed by atoms with Crippen molar-refractivity contribution >= 4 is 36.5 Å². The van der Waals surface area contributed by atoms with E-state index in [0.29, 0.717) is 17.4 Å². The van der Waals surface area contributed by atoms with Gasteiger partial charge in [0.1, 0.15) is 5.82 Å². The zero-order valence-electron chi connectivity index (χ0n) is 12.9. The fourth-order valence-corrected chi connectivity index (χ4v) is 3.43. The Morgan fingerprint density at radius 2 is 2.00 bits per heavy atom. The van der Waals surface area contributed by atoms with E-state index in [1.54, 1.807) is 6.20 Å². The quantitative estimate of drug-likeness (QED) is 0.886. The molecule has 5 nitrogen and oxygen atoms in total. The van der Waals surface area contributed by atoms with Gasteiger partial charge in [0, 0.05) is 39.4 Å². The van der Waals surface area contributed by atoms with E-state index in [4.69, 9.17) is 5.73 Å². The van der Waals surface area contributed by atoms with Crippen molar-refractivity contribution in [1.29, 1.82) is 0 Å². The lowest BCUT2D eigenvalue weighted by Gasteiger charge is -2.19. The first-order valence-corrected chi connectivity index (χ1v) is 7.24. The molecule has 3 rings (SSSR count). The molecule has 1 amide bonds. The Balaban J connectivity index is 0.00000121. The van der Waals surface area contributed by atoms with Crippen molar-refractivity contribution in [3.05, 3.63) is 23.9 Å². The van der Waals surface area contributed by atoms with Crippen LogP contribution in [0.25, 0.3) is 0 Å². The van der Waals surface area contributed by atoms with Crippen molar-refractivity contribution in [2.45, 2.75) is 18.9 Å². The van der Waals surface area contributed by atoms with Crippen LogP contribution in [0.15, 0.2) is 18.3 Å². The third-order valence-electron chi connectivity index (χ3n) is 4.65. The Kier molecular flexibility index (Phi) is 6.47. The van der Waals surface area contributed by atoms with Gasteiger partial charge in [-0.3, -0.25) is 4.79 Å². The van der Waals surface area contributed by atoms with Crippen LogP contribution >= 0.6 is 24.8 Å². The Bertz CT molecular complexity index is 509. The number of rotatable bonds is 2. The van der Waals surface area contributed by atoms with Gasteiger partial charge in [-0.2, -0.15) is 0 Å². The molecule has 0 bridgehead atoms. The van der Waals surface area contributed by atoms with Crippen LogP contribution in [-0.4, -0.2) is 49.0 Å². The number of aromatic nitrogens is 1. The van der Waals surface area contributed by atoms with Gasteiger partial charge < -0.3 is 15.5 Å². The zero-order valence-corrected chi connectivity index (χ0v) is 14.6. The Morgan fingerprint density at radius 1 is 1.27 bits per heavy atom. The molecule has 1 aromatic heterocycles. The normalized spacial score (nSPS) is 26.0. The SMILES string of the molecule is CN(C)c1ccc(C(=O)N2CC3CCC(N)C3C2)cn1.Cl.Cl. The highest BCUT2D eigenvalue weighted by Crippen LogP contribution is 2.37. The zero-order chi connectivity index (χ0) is 14.3. The summed E-state index contributed by atoms with van der Waals surface area (Å²) in [5.74, 6) is 2.04. The number of nitrogens with zero attached hydrogens (tertiary/aromatic N) is 3. The predicted molar refractivity (Wildman–Crippen MR) is 93.2 cm³/mol. The standard InChI is InChI=1S/C15H22N4O.2ClH/c1-18(2)14-6-4-10(7-17-14)15(20)19-8-11-3-5-13(16)12(11)9-19;;/h4,6-7,11-13H,3,5,8-9,16H2,1-2H3;2*1H. The molecule has 2 N–H and O–H groups in total. The number of fused-ring (bicyclic) bond motifs is 1. The maximum absolute atomic E-state index is 12.5. The molecular weight excluding hydrogens is 323 g/mol. The summed E-state index contributed by atoms with van der Waals surface area (Å²) < 4.78 is 0. The minimum atomic E-state index is 0. The highest BCUT2D eigenvalue weighted by molar-refractivity contribution is 5.94. The molecule has 22 heavy (non-hydrogen) atoms. The second-order valence-corrected chi connectivity index (χ2v) is 6.17. The number of hydrogen-bond acceptors (Lipinski definition) is 4. The molecule has 0 aromatic carbocycles. The molecule has 2 aliphatic rings. The first-order chi connectivity index (χ1) is 9.56. The van der Waals surface area contributed by atoms with Crippen LogP contribution in [0.4, 0.5) is 5.82 Å². The molecule has 1 aliphatic carbocycles. The van der Waals surface area contributed by atoms with E-state index in [-0.39, 0.29) is 36.8 Å². The molecule has 2 heterocycles. The van der Waals surface area contributed by atoms with Gasteiger partial charge in [-0.1, -0.05) is 0 Å². The highest BCUT2D eigenvalue weighted by atomic mass is 35.5. The molecule has 3 atom stereocenters. The number of anilines is 1. The lowest BCUT2D eigenvalue weighted by molar-refractivity contribution is 0.0779. The summed E-state index contributed by atoms with van der Waals surface area (Å²) in [7, 11) is 3.87. The highest BCUT2D eigenvalue weighted by Gasteiger charge is 2.42. The van der Waals surface area contributed by atoms with Crippen molar-refractivity contribution in [1.82, 2.24) is 9.88 Å². The van der Waals surface area contributed by atoms with Gasteiger partial charge in [0.25, 0.3) is 5.91 Å². The van der Waals surface area contributed by atoms with E-state index in [1.807, 2.05) is 36.0 Å². The van der Waals surface area contributed by atoms with E-state index >= 15 is 0 Å².